The number of hydrogen-bond acceptors (Lipinski definition) is 3. The number of aromatic nitrogens is 2. The van der Waals surface area contributed by atoms with Crippen molar-refractivity contribution < 1.29 is 9.90 Å². The number of nitrogens with one attached hydrogen (secondary N) is 1. The van der Waals surface area contributed by atoms with Gasteiger partial charge in [-0.25, -0.2) is 4.98 Å². The number of carbonyl (C=O) groups is 1. The number of carbonyl (C=O) groups excluding carboxylic acids is 1. The number of imidazole rings is 1. The Morgan fingerprint density at radius 1 is 1.22 bits per heavy atom. The number of rotatable bonds is 4. The molecule has 118 valence electrons. The van der Waals surface area contributed by atoms with Crippen LogP contribution in [-0.2, 0) is 11.4 Å². The molecule has 5 heteroatoms. The summed E-state index contributed by atoms with van der Waals surface area (Å²) in [5.74, 6) is 0.343. The van der Waals surface area contributed by atoms with Crippen LogP contribution < -0.4 is 5.32 Å². The van der Waals surface area contributed by atoms with Crippen molar-refractivity contribution in [1.82, 2.24) is 9.55 Å². The fourth-order valence-corrected chi connectivity index (χ4v) is 2.71. The van der Waals surface area contributed by atoms with Crippen LogP contribution in [0.15, 0.2) is 48.5 Å². The zero-order chi connectivity index (χ0) is 16.4. The van der Waals surface area contributed by atoms with E-state index in [4.69, 9.17) is 0 Å². The molecule has 1 heterocycles. The number of anilines is 1. The van der Waals surface area contributed by atoms with E-state index in [1.807, 2.05) is 55.5 Å². The molecule has 2 aromatic carbocycles. The molecule has 5 nitrogen and oxygen atoms in total. The van der Waals surface area contributed by atoms with E-state index in [2.05, 4.69) is 10.3 Å². The van der Waals surface area contributed by atoms with Gasteiger partial charge in [0.25, 0.3) is 0 Å². The summed E-state index contributed by atoms with van der Waals surface area (Å²) < 4.78 is 1.78. The molecule has 1 amide bonds. The summed E-state index contributed by atoms with van der Waals surface area (Å²) in [5, 5.41) is 12.5. The number of amides is 1. The number of aliphatic hydroxyl groups excluding tert-OH is 1. The monoisotopic (exact) mass is 309 g/mol. The average Bonchev–Trinajstić information content (AvgIpc) is 2.94. The topological polar surface area (TPSA) is 67.2 Å². The molecular weight excluding hydrogens is 290 g/mol. The number of para-hydroxylation sites is 3. The van der Waals surface area contributed by atoms with Crippen LogP contribution in [0.25, 0.3) is 11.0 Å². The van der Waals surface area contributed by atoms with E-state index < -0.39 is 6.04 Å². The second kappa shape index (κ2) is 6.22. The van der Waals surface area contributed by atoms with Gasteiger partial charge in [-0.15, -0.1) is 0 Å². The molecule has 1 atom stereocenters. The number of fused-ring (bicyclic) bond motifs is 1. The SMILES string of the molecule is Cc1ccccc1NC(=O)C(C)n1c(CO)nc2ccccc21. The van der Waals surface area contributed by atoms with Gasteiger partial charge in [-0.2, -0.15) is 0 Å². The first kappa shape index (κ1) is 15.2. The quantitative estimate of drug-likeness (QED) is 0.778. The van der Waals surface area contributed by atoms with Gasteiger partial charge in [0.05, 0.1) is 11.0 Å². The summed E-state index contributed by atoms with van der Waals surface area (Å²) in [6, 6.07) is 14.7. The Hall–Kier alpha value is -2.66. The molecule has 0 bridgehead atoms. The van der Waals surface area contributed by atoms with Crippen LogP contribution in [0.3, 0.4) is 0 Å². The van der Waals surface area contributed by atoms with Crippen molar-refractivity contribution in [3.05, 3.63) is 59.9 Å². The molecule has 0 spiro atoms. The van der Waals surface area contributed by atoms with Crippen LogP contribution in [-0.4, -0.2) is 20.6 Å². The summed E-state index contributed by atoms with van der Waals surface area (Å²) in [4.78, 5) is 17.0. The Kier molecular flexibility index (Phi) is 4.12. The maximum atomic E-state index is 12.6. The summed E-state index contributed by atoms with van der Waals surface area (Å²) in [7, 11) is 0. The van der Waals surface area contributed by atoms with Crippen LogP contribution in [0.4, 0.5) is 5.69 Å². The first-order valence-corrected chi connectivity index (χ1v) is 7.55. The normalized spacial score (nSPS) is 12.3. The predicted octanol–water partition coefficient (Wildman–Crippen LogP) is 3.04. The van der Waals surface area contributed by atoms with Crippen LogP contribution in [0, 0.1) is 6.92 Å². The fraction of sp³-hybridized carbons (Fsp3) is 0.222. The molecule has 1 unspecified atom stereocenters. The minimum Gasteiger partial charge on any atom is -0.388 e. The lowest BCUT2D eigenvalue weighted by Gasteiger charge is -2.17. The zero-order valence-corrected chi connectivity index (χ0v) is 13.2. The molecule has 0 aliphatic heterocycles. The van der Waals surface area contributed by atoms with Gasteiger partial charge in [0.2, 0.25) is 5.91 Å². The van der Waals surface area contributed by atoms with Gasteiger partial charge in [0, 0.05) is 5.69 Å². The third-order valence-corrected chi connectivity index (χ3v) is 3.98. The predicted molar refractivity (Wildman–Crippen MR) is 90.2 cm³/mol. The highest BCUT2D eigenvalue weighted by Gasteiger charge is 2.21. The maximum Gasteiger partial charge on any atom is 0.247 e. The largest absolute Gasteiger partial charge is 0.388 e. The van der Waals surface area contributed by atoms with Crippen molar-refractivity contribution in [2.45, 2.75) is 26.5 Å². The van der Waals surface area contributed by atoms with Crippen molar-refractivity contribution in [1.29, 1.82) is 0 Å². The van der Waals surface area contributed by atoms with Gasteiger partial charge < -0.3 is 15.0 Å². The minimum absolute atomic E-state index is 0.142. The van der Waals surface area contributed by atoms with E-state index in [-0.39, 0.29) is 12.5 Å². The number of aryl methyl sites for hydroxylation is 1. The average molecular weight is 309 g/mol. The minimum atomic E-state index is -0.482. The summed E-state index contributed by atoms with van der Waals surface area (Å²) in [6.45, 7) is 3.55. The highest BCUT2D eigenvalue weighted by molar-refractivity contribution is 5.95. The Morgan fingerprint density at radius 2 is 1.91 bits per heavy atom. The molecule has 1 aromatic heterocycles. The van der Waals surface area contributed by atoms with E-state index in [0.717, 1.165) is 22.3 Å². The Morgan fingerprint density at radius 3 is 2.65 bits per heavy atom. The molecule has 0 aliphatic carbocycles. The van der Waals surface area contributed by atoms with E-state index in [1.54, 1.807) is 11.5 Å². The zero-order valence-electron chi connectivity index (χ0n) is 13.2. The van der Waals surface area contributed by atoms with Gasteiger partial charge in [-0.1, -0.05) is 30.3 Å². The second-order valence-corrected chi connectivity index (χ2v) is 5.53. The fourth-order valence-electron chi connectivity index (χ4n) is 2.71. The molecular formula is C18H19N3O2. The Balaban J connectivity index is 1.95. The van der Waals surface area contributed by atoms with Crippen molar-refractivity contribution in [2.24, 2.45) is 0 Å². The first-order chi connectivity index (χ1) is 11.1. The van der Waals surface area contributed by atoms with E-state index >= 15 is 0 Å². The number of nitrogens with zero attached hydrogens (tertiary/aromatic N) is 2. The molecule has 2 N–H and O–H groups in total. The van der Waals surface area contributed by atoms with Gasteiger partial charge in [0.15, 0.2) is 0 Å². The van der Waals surface area contributed by atoms with Crippen molar-refractivity contribution in [3.63, 3.8) is 0 Å². The highest BCUT2D eigenvalue weighted by atomic mass is 16.3. The Labute approximate surface area is 134 Å². The van der Waals surface area contributed by atoms with Crippen LogP contribution >= 0.6 is 0 Å². The molecule has 23 heavy (non-hydrogen) atoms. The third-order valence-electron chi connectivity index (χ3n) is 3.98. The van der Waals surface area contributed by atoms with Gasteiger partial charge in [-0.05, 0) is 37.6 Å². The lowest BCUT2D eigenvalue weighted by atomic mass is 10.2. The van der Waals surface area contributed by atoms with Crippen molar-refractivity contribution in [3.8, 4) is 0 Å². The highest BCUT2D eigenvalue weighted by Crippen LogP contribution is 2.23. The molecule has 0 fully saturated rings. The molecule has 0 saturated carbocycles. The molecule has 0 radical (unpaired) electrons. The first-order valence-electron chi connectivity index (χ1n) is 7.55. The van der Waals surface area contributed by atoms with Gasteiger partial charge in [-0.3, -0.25) is 4.79 Å². The van der Waals surface area contributed by atoms with Crippen molar-refractivity contribution in [2.75, 3.05) is 5.32 Å². The van der Waals surface area contributed by atoms with E-state index in [9.17, 15) is 9.90 Å². The standard InChI is InChI=1S/C18H19N3O2/c1-12-7-3-4-8-14(12)20-18(23)13(2)21-16-10-6-5-9-15(16)19-17(21)11-22/h3-10,13,22H,11H2,1-2H3,(H,20,23). The van der Waals surface area contributed by atoms with Crippen LogP contribution in [0.2, 0.25) is 0 Å². The molecule has 0 aliphatic rings. The Bertz CT molecular complexity index is 854. The molecule has 3 aromatic rings. The second-order valence-electron chi connectivity index (χ2n) is 5.53. The van der Waals surface area contributed by atoms with Crippen LogP contribution in [0.5, 0.6) is 0 Å². The smallest absolute Gasteiger partial charge is 0.247 e. The number of aliphatic hydroxyl groups is 1. The summed E-state index contributed by atoms with van der Waals surface area (Å²) in [5.41, 5.74) is 3.40. The van der Waals surface area contributed by atoms with E-state index in [1.165, 1.54) is 0 Å². The summed E-state index contributed by atoms with van der Waals surface area (Å²) >= 11 is 0. The van der Waals surface area contributed by atoms with E-state index in [0.29, 0.717) is 5.82 Å². The lowest BCUT2D eigenvalue weighted by molar-refractivity contribution is -0.118. The third kappa shape index (κ3) is 2.83. The van der Waals surface area contributed by atoms with Crippen LogP contribution in [0.1, 0.15) is 24.4 Å². The van der Waals surface area contributed by atoms with Gasteiger partial charge in [0.1, 0.15) is 18.5 Å². The number of hydrogen-bond donors (Lipinski definition) is 2. The lowest BCUT2D eigenvalue weighted by Crippen LogP contribution is -2.25. The maximum absolute atomic E-state index is 12.6. The number of benzene rings is 2. The van der Waals surface area contributed by atoms with Crippen molar-refractivity contribution >= 4 is 22.6 Å². The molecule has 3 rings (SSSR count). The van der Waals surface area contributed by atoms with Gasteiger partial charge >= 0.3 is 0 Å². The summed E-state index contributed by atoms with van der Waals surface area (Å²) in [6.07, 6.45) is 0. The molecule has 0 saturated heterocycles.